The summed E-state index contributed by atoms with van der Waals surface area (Å²) in [5.74, 6) is 1.54. The van der Waals surface area contributed by atoms with Crippen molar-refractivity contribution in [2.45, 2.75) is 39.7 Å². The van der Waals surface area contributed by atoms with E-state index in [4.69, 9.17) is 0 Å². The van der Waals surface area contributed by atoms with E-state index in [1.807, 2.05) is 4.57 Å². The Morgan fingerprint density at radius 1 is 1.27 bits per heavy atom. The third-order valence-electron chi connectivity index (χ3n) is 4.50. The number of hydrogen-bond donors (Lipinski definition) is 1. The highest BCUT2D eigenvalue weighted by atomic mass is 16.2. The summed E-state index contributed by atoms with van der Waals surface area (Å²) >= 11 is 0. The van der Waals surface area contributed by atoms with Crippen LogP contribution in [-0.2, 0) is 13.6 Å². The molecule has 1 N–H and O–H groups in total. The first-order chi connectivity index (χ1) is 10.5. The Bertz CT molecular complexity index is 793. The molecule has 2 aromatic rings. The minimum Gasteiger partial charge on any atom is -0.342 e. The molecule has 1 aliphatic rings. The molecule has 0 aliphatic carbocycles. The van der Waals surface area contributed by atoms with Crippen molar-refractivity contribution in [2.75, 3.05) is 18.0 Å². The number of aromatic amines is 1. The molecule has 0 bridgehead atoms. The third-order valence-corrected chi connectivity index (χ3v) is 4.50. The Kier molecular flexibility index (Phi) is 3.80. The number of fused-ring (bicyclic) bond motifs is 1. The van der Waals surface area contributed by atoms with Crippen molar-refractivity contribution in [2.24, 2.45) is 13.0 Å². The van der Waals surface area contributed by atoms with Gasteiger partial charge in [0.1, 0.15) is 0 Å². The number of piperidine rings is 1. The van der Waals surface area contributed by atoms with Gasteiger partial charge in [0.2, 0.25) is 5.95 Å². The minimum atomic E-state index is -0.419. The summed E-state index contributed by atoms with van der Waals surface area (Å²) in [6.45, 7) is 6.95. The SMILES string of the molecule is CCCn1c(N2CCC(C)CC2)nc2c1c(=O)[nH]c(=O)n2C. The smallest absolute Gasteiger partial charge is 0.329 e. The van der Waals surface area contributed by atoms with Gasteiger partial charge in [0.05, 0.1) is 0 Å². The van der Waals surface area contributed by atoms with Crippen LogP contribution in [0.5, 0.6) is 0 Å². The van der Waals surface area contributed by atoms with Crippen LogP contribution in [0.3, 0.4) is 0 Å². The second kappa shape index (κ2) is 5.62. The number of nitrogens with zero attached hydrogens (tertiary/aromatic N) is 4. The van der Waals surface area contributed by atoms with E-state index in [1.54, 1.807) is 7.05 Å². The highest BCUT2D eigenvalue weighted by molar-refractivity contribution is 5.74. The number of aromatic nitrogens is 4. The summed E-state index contributed by atoms with van der Waals surface area (Å²) < 4.78 is 3.38. The molecule has 22 heavy (non-hydrogen) atoms. The largest absolute Gasteiger partial charge is 0.342 e. The van der Waals surface area contributed by atoms with Crippen LogP contribution >= 0.6 is 0 Å². The van der Waals surface area contributed by atoms with Gasteiger partial charge in [-0.3, -0.25) is 14.3 Å². The lowest BCUT2D eigenvalue weighted by Gasteiger charge is -2.31. The molecule has 3 heterocycles. The molecule has 1 saturated heterocycles. The lowest BCUT2D eigenvalue weighted by Crippen LogP contribution is -2.35. The molecular weight excluding hydrogens is 282 g/mol. The van der Waals surface area contributed by atoms with Crippen molar-refractivity contribution in [3.63, 3.8) is 0 Å². The average Bonchev–Trinajstić information content (AvgIpc) is 2.86. The fraction of sp³-hybridized carbons (Fsp3) is 0.667. The molecule has 7 nitrogen and oxygen atoms in total. The van der Waals surface area contributed by atoms with Gasteiger partial charge < -0.3 is 9.47 Å². The lowest BCUT2D eigenvalue weighted by atomic mass is 10.00. The number of aryl methyl sites for hydroxylation is 2. The van der Waals surface area contributed by atoms with Gasteiger partial charge in [0, 0.05) is 26.7 Å². The fourth-order valence-electron chi connectivity index (χ4n) is 3.11. The molecule has 0 spiro atoms. The van der Waals surface area contributed by atoms with E-state index in [1.165, 1.54) is 4.57 Å². The molecule has 120 valence electrons. The van der Waals surface area contributed by atoms with Gasteiger partial charge in [-0.15, -0.1) is 0 Å². The number of anilines is 1. The zero-order valence-corrected chi connectivity index (χ0v) is 13.4. The maximum atomic E-state index is 12.2. The van der Waals surface area contributed by atoms with E-state index in [0.29, 0.717) is 11.2 Å². The maximum absolute atomic E-state index is 12.2. The number of nitrogens with one attached hydrogen (secondary N) is 1. The first kappa shape index (κ1) is 14.9. The molecule has 0 unspecified atom stereocenters. The molecule has 7 heteroatoms. The van der Waals surface area contributed by atoms with Crippen LogP contribution in [0.1, 0.15) is 33.1 Å². The molecule has 0 amide bonds. The van der Waals surface area contributed by atoms with Crippen LogP contribution in [0, 0.1) is 5.92 Å². The summed E-state index contributed by atoms with van der Waals surface area (Å²) in [4.78, 5) is 33.3. The van der Waals surface area contributed by atoms with Crippen molar-refractivity contribution in [3.8, 4) is 0 Å². The Morgan fingerprint density at radius 2 is 1.95 bits per heavy atom. The Balaban J connectivity index is 2.19. The molecule has 0 atom stereocenters. The topological polar surface area (TPSA) is 75.9 Å². The van der Waals surface area contributed by atoms with Crippen LogP contribution < -0.4 is 16.1 Å². The van der Waals surface area contributed by atoms with Crippen molar-refractivity contribution in [1.82, 2.24) is 19.1 Å². The molecule has 3 rings (SSSR count). The summed E-state index contributed by atoms with van der Waals surface area (Å²) in [6, 6.07) is 0. The van der Waals surface area contributed by atoms with Crippen molar-refractivity contribution >= 4 is 17.1 Å². The molecule has 1 fully saturated rings. The number of H-pyrrole nitrogens is 1. The Hall–Kier alpha value is -2.05. The van der Waals surface area contributed by atoms with Crippen molar-refractivity contribution in [3.05, 3.63) is 20.8 Å². The number of rotatable bonds is 3. The van der Waals surface area contributed by atoms with E-state index in [2.05, 4.69) is 28.7 Å². The van der Waals surface area contributed by atoms with E-state index < -0.39 is 5.69 Å². The molecule has 0 saturated carbocycles. The first-order valence-corrected chi connectivity index (χ1v) is 7.97. The quantitative estimate of drug-likeness (QED) is 0.920. The molecular formula is C15H23N5O2. The predicted octanol–water partition coefficient (Wildman–Crippen LogP) is 1.07. The zero-order chi connectivity index (χ0) is 15.9. The number of hydrogen-bond acceptors (Lipinski definition) is 4. The van der Waals surface area contributed by atoms with Gasteiger partial charge in [-0.2, -0.15) is 4.98 Å². The van der Waals surface area contributed by atoms with Crippen LogP contribution in [-0.4, -0.2) is 32.2 Å². The highest BCUT2D eigenvalue weighted by Gasteiger charge is 2.23. The van der Waals surface area contributed by atoms with Crippen LogP contribution in [0.15, 0.2) is 9.59 Å². The summed E-state index contributed by atoms with van der Waals surface area (Å²) in [6.07, 6.45) is 3.17. The third kappa shape index (κ3) is 2.34. The van der Waals surface area contributed by atoms with Gasteiger partial charge in [0.25, 0.3) is 5.56 Å². The first-order valence-electron chi connectivity index (χ1n) is 7.97. The minimum absolute atomic E-state index is 0.351. The van der Waals surface area contributed by atoms with Gasteiger partial charge in [-0.25, -0.2) is 4.79 Å². The summed E-state index contributed by atoms with van der Waals surface area (Å²) in [7, 11) is 1.64. The van der Waals surface area contributed by atoms with E-state index in [0.717, 1.165) is 50.8 Å². The molecule has 1 aliphatic heterocycles. The van der Waals surface area contributed by atoms with Crippen LogP contribution in [0.4, 0.5) is 5.95 Å². The van der Waals surface area contributed by atoms with Gasteiger partial charge in [-0.1, -0.05) is 13.8 Å². The van der Waals surface area contributed by atoms with Crippen molar-refractivity contribution < 1.29 is 0 Å². The Labute approximate surface area is 128 Å². The maximum Gasteiger partial charge on any atom is 0.329 e. The molecule has 0 radical (unpaired) electrons. The van der Waals surface area contributed by atoms with Crippen molar-refractivity contribution in [1.29, 1.82) is 0 Å². The Morgan fingerprint density at radius 3 is 2.59 bits per heavy atom. The zero-order valence-electron chi connectivity index (χ0n) is 13.4. The second-order valence-electron chi connectivity index (χ2n) is 6.22. The summed E-state index contributed by atoms with van der Waals surface area (Å²) in [5.41, 5.74) is 0.196. The van der Waals surface area contributed by atoms with Gasteiger partial charge >= 0.3 is 5.69 Å². The van der Waals surface area contributed by atoms with E-state index in [9.17, 15) is 9.59 Å². The highest BCUT2D eigenvalue weighted by Crippen LogP contribution is 2.25. The normalized spacial score (nSPS) is 16.6. The fourth-order valence-corrected chi connectivity index (χ4v) is 3.11. The predicted molar refractivity (Wildman–Crippen MR) is 86.5 cm³/mol. The van der Waals surface area contributed by atoms with Crippen LogP contribution in [0.2, 0.25) is 0 Å². The standard InChI is InChI=1S/C15H23N5O2/c1-4-7-20-11-12(18(3)15(22)17-13(11)21)16-14(20)19-8-5-10(2)6-9-19/h10H,4-9H2,1-3H3,(H,17,21,22). The number of imidazole rings is 1. The van der Waals surface area contributed by atoms with E-state index in [-0.39, 0.29) is 5.56 Å². The van der Waals surface area contributed by atoms with Gasteiger partial charge in [0.15, 0.2) is 11.2 Å². The molecule has 0 aromatic carbocycles. The lowest BCUT2D eigenvalue weighted by molar-refractivity contribution is 0.431. The average molecular weight is 305 g/mol. The second-order valence-corrected chi connectivity index (χ2v) is 6.22. The summed E-state index contributed by atoms with van der Waals surface area (Å²) in [5, 5.41) is 0. The monoisotopic (exact) mass is 305 g/mol. The van der Waals surface area contributed by atoms with Crippen LogP contribution in [0.25, 0.3) is 11.2 Å². The van der Waals surface area contributed by atoms with Gasteiger partial charge in [-0.05, 0) is 25.2 Å². The van der Waals surface area contributed by atoms with E-state index >= 15 is 0 Å². The molecule has 2 aromatic heterocycles.